The second kappa shape index (κ2) is 10.0. The number of amides is 1. The summed E-state index contributed by atoms with van der Waals surface area (Å²) in [5.74, 6) is 1.83. The van der Waals surface area contributed by atoms with E-state index in [1.54, 1.807) is 11.8 Å². The number of nitrogens with one attached hydrogen (secondary N) is 1. The summed E-state index contributed by atoms with van der Waals surface area (Å²) in [6.45, 7) is 5.38. The molecule has 0 aliphatic heterocycles. The van der Waals surface area contributed by atoms with Gasteiger partial charge >= 0.3 is 0 Å². The summed E-state index contributed by atoms with van der Waals surface area (Å²) < 4.78 is 5.62. The lowest BCUT2D eigenvalue weighted by Crippen LogP contribution is -2.25. The van der Waals surface area contributed by atoms with Crippen LogP contribution in [0.2, 0.25) is 0 Å². The highest BCUT2D eigenvalue weighted by Gasteiger charge is 2.02. The fourth-order valence-electron chi connectivity index (χ4n) is 2.14. The summed E-state index contributed by atoms with van der Waals surface area (Å²) in [5, 5.41) is 2.96. The molecule has 0 radical (unpaired) electrons. The van der Waals surface area contributed by atoms with Gasteiger partial charge in [-0.1, -0.05) is 35.4 Å². The van der Waals surface area contributed by atoms with Gasteiger partial charge in [-0.15, -0.1) is 11.8 Å². The molecule has 3 nitrogen and oxygen atoms in total. The number of carbonyl (C=O) groups excluding carboxylic acids is 1. The van der Waals surface area contributed by atoms with Crippen LogP contribution < -0.4 is 10.1 Å². The number of rotatable bonds is 9. The highest BCUT2D eigenvalue weighted by molar-refractivity contribution is 7.99. The number of hydrogen-bond acceptors (Lipinski definition) is 3. The normalized spacial score (nSPS) is 10.4. The Morgan fingerprint density at radius 3 is 2.29 bits per heavy atom. The first-order valence-corrected chi connectivity index (χ1v) is 9.28. The van der Waals surface area contributed by atoms with Crippen LogP contribution in [0.25, 0.3) is 0 Å². The van der Waals surface area contributed by atoms with Crippen molar-refractivity contribution in [2.24, 2.45) is 0 Å². The molecule has 0 bridgehead atoms. The molecule has 2 aromatic carbocycles. The zero-order chi connectivity index (χ0) is 17.2. The first-order chi connectivity index (χ1) is 11.6. The summed E-state index contributed by atoms with van der Waals surface area (Å²) in [4.78, 5) is 13.0. The molecule has 1 N–H and O–H groups in total. The van der Waals surface area contributed by atoms with Crippen molar-refractivity contribution in [1.82, 2.24) is 5.32 Å². The van der Waals surface area contributed by atoms with Gasteiger partial charge in [-0.2, -0.15) is 0 Å². The van der Waals surface area contributed by atoms with E-state index in [1.165, 1.54) is 16.0 Å². The van der Waals surface area contributed by atoms with Crippen LogP contribution in [-0.4, -0.2) is 24.8 Å². The third kappa shape index (κ3) is 7.09. The Balaban J connectivity index is 1.52. The van der Waals surface area contributed by atoms with Crippen LogP contribution >= 0.6 is 11.8 Å². The molecule has 0 aliphatic carbocycles. The quantitative estimate of drug-likeness (QED) is 0.543. The number of ether oxygens (including phenoxy) is 1. The van der Waals surface area contributed by atoms with E-state index in [0.717, 1.165) is 17.9 Å². The molecule has 24 heavy (non-hydrogen) atoms. The SMILES string of the molecule is Cc1ccc(OCCCC(=O)NCCSc2ccc(C)cc2)cc1. The van der Waals surface area contributed by atoms with E-state index in [-0.39, 0.29) is 5.91 Å². The maximum atomic E-state index is 11.8. The Hall–Kier alpha value is -1.94. The number of carbonyl (C=O) groups is 1. The van der Waals surface area contributed by atoms with Crippen molar-refractivity contribution in [3.05, 3.63) is 59.7 Å². The van der Waals surface area contributed by atoms with Gasteiger partial charge in [0.05, 0.1) is 6.61 Å². The lowest BCUT2D eigenvalue weighted by Gasteiger charge is -2.07. The zero-order valence-corrected chi connectivity index (χ0v) is 15.2. The third-order valence-electron chi connectivity index (χ3n) is 3.55. The first-order valence-electron chi connectivity index (χ1n) is 8.29. The fourth-order valence-corrected chi connectivity index (χ4v) is 2.91. The van der Waals surface area contributed by atoms with E-state index in [4.69, 9.17) is 4.74 Å². The number of hydrogen-bond donors (Lipinski definition) is 1. The van der Waals surface area contributed by atoms with Crippen LogP contribution in [0.5, 0.6) is 5.75 Å². The average molecular weight is 343 g/mol. The summed E-state index contributed by atoms with van der Waals surface area (Å²) in [6, 6.07) is 16.4. The predicted octanol–water partition coefficient (Wildman–Crippen LogP) is 4.37. The Kier molecular flexibility index (Phi) is 7.69. The van der Waals surface area contributed by atoms with Gasteiger partial charge in [0.2, 0.25) is 5.91 Å². The second-order valence-electron chi connectivity index (χ2n) is 5.78. The molecule has 0 aromatic heterocycles. The smallest absolute Gasteiger partial charge is 0.220 e. The molecule has 0 fully saturated rings. The van der Waals surface area contributed by atoms with Gasteiger partial charge in [0, 0.05) is 23.6 Å². The molecule has 2 aromatic rings. The van der Waals surface area contributed by atoms with Crippen LogP contribution in [0.15, 0.2) is 53.4 Å². The molecule has 128 valence electrons. The van der Waals surface area contributed by atoms with E-state index in [0.29, 0.717) is 19.6 Å². The minimum atomic E-state index is 0.0898. The number of thioether (sulfide) groups is 1. The summed E-state index contributed by atoms with van der Waals surface area (Å²) >= 11 is 1.76. The van der Waals surface area contributed by atoms with Crippen LogP contribution in [0.4, 0.5) is 0 Å². The van der Waals surface area contributed by atoms with Gasteiger partial charge < -0.3 is 10.1 Å². The topological polar surface area (TPSA) is 38.3 Å². The van der Waals surface area contributed by atoms with Gasteiger partial charge in [-0.05, 0) is 44.5 Å². The highest BCUT2D eigenvalue weighted by Crippen LogP contribution is 2.17. The molecular formula is C20H25NO2S. The van der Waals surface area contributed by atoms with E-state index in [2.05, 4.69) is 36.5 Å². The van der Waals surface area contributed by atoms with E-state index < -0.39 is 0 Å². The maximum absolute atomic E-state index is 11.8. The molecule has 4 heteroatoms. The lowest BCUT2D eigenvalue weighted by molar-refractivity contribution is -0.121. The Bertz CT molecular complexity index is 568. The van der Waals surface area contributed by atoms with E-state index >= 15 is 0 Å². The van der Waals surface area contributed by atoms with E-state index in [9.17, 15) is 4.79 Å². The maximum Gasteiger partial charge on any atom is 0.220 e. The second-order valence-corrected chi connectivity index (χ2v) is 6.94. The molecule has 1 amide bonds. The van der Waals surface area contributed by atoms with Crippen molar-refractivity contribution >= 4 is 17.7 Å². The monoisotopic (exact) mass is 343 g/mol. The van der Waals surface area contributed by atoms with E-state index in [1.807, 2.05) is 31.2 Å². The van der Waals surface area contributed by atoms with Crippen molar-refractivity contribution in [2.75, 3.05) is 18.9 Å². The van der Waals surface area contributed by atoms with Gasteiger partial charge in [0.15, 0.2) is 0 Å². The molecule has 2 rings (SSSR count). The van der Waals surface area contributed by atoms with Gasteiger partial charge in [0.1, 0.15) is 5.75 Å². The standard InChI is InChI=1S/C20H25NO2S/c1-16-5-9-18(10-6-16)23-14-3-4-20(22)21-13-15-24-19-11-7-17(2)8-12-19/h5-12H,3-4,13-15H2,1-2H3,(H,21,22). The van der Waals surface area contributed by atoms with Gasteiger partial charge in [0.25, 0.3) is 0 Å². The molecule has 0 saturated heterocycles. The molecule has 0 saturated carbocycles. The molecule has 0 aliphatic rings. The molecular weight excluding hydrogens is 318 g/mol. The van der Waals surface area contributed by atoms with Crippen molar-refractivity contribution in [1.29, 1.82) is 0 Å². The van der Waals surface area contributed by atoms with Crippen LogP contribution in [0, 0.1) is 13.8 Å². The minimum absolute atomic E-state index is 0.0898. The first kappa shape index (κ1) is 18.4. The van der Waals surface area contributed by atoms with Crippen molar-refractivity contribution < 1.29 is 9.53 Å². The fraction of sp³-hybridized carbons (Fsp3) is 0.350. The summed E-state index contributed by atoms with van der Waals surface area (Å²) in [5.41, 5.74) is 2.48. The van der Waals surface area contributed by atoms with Crippen molar-refractivity contribution in [3.8, 4) is 5.75 Å². The Morgan fingerprint density at radius 1 is 1.00 bits per heavy atom. The van der Waals surface area contributed by atoms with Gasteiger partial charge in [-0.3, -0.25) is 4.79 Å². The zero-order valence-electron chi connectivity index (χ0n) is 14.4. The Morgan fingerprint density at radius 2 is 1.62 bits per heavy atom. The number of benzene rings is 2. The molecule has 0 atom stereocenters. The predicted molar refractivity (Wildman–Crippen MR) is 101 cm³/mol. The lowest BCUT2D eigenvalue weighted by atomic mass is 10.2. The largest absolute Gasteiger partial charge is 0.494 e. The van der Waals surface area contributed by atoms with Crippen molar-refractivity contribution in [2.45, 2.75) is 31.6 Å². The van der Waals surface area contributed by atoms with Crippen LogP contribution in [0.1, 0.15) is 24.0 Å². The van der Waals surface area contributed by atoms with Crippen LogP contribution in [0.3, 0.4) is 0 Å². The Labute approximate surface area is 148 Å². The van der Waals surface area contributed by atoms with Crippen LogP contribution in [-0.2, 0) is 4.79 Å². The minimum Gasteiger partial charge on any atom is -0.494 e. The summed E-state index contributed by atoms with van der Waals surface area (Å²) in [7, 11) is 0. The molecule has 0 unspecified atom stereocenters. The third-order valence-corrected chi connectivity index (χ3v) is 4.57. The molecule has 0 heterocycles. The van der Waals surface area contributed by atoms with Crippen molar-refractivity contribution in [3.63, 3.8) is 0 Å². The number of aryl methyl sites for hydroxylation is 2. The highest BCUT2D eigenvalue weighted by atomic mass is 32.2. The van der Waals surface area contributed by atoms with Gasteiger partial charge in [-0.25, -0.2) is 0 Å². The average Bonchev–Trinajstić information content (AvgIpc) is 2.59. The summed E-state index contributed by atoms with van der Waals surface area (Å²) in [6.07, 6.45) is 1.23. The molecule has 0 spiro atoms.